The third-order valence-electron chi connectivity index (χ3n) is 2.86. The van der Waals surface area contributed by atoms with E-state index in [1.54, 1.807) is 0 Å². The number of hydrogen-bond donors (Lipinski definition) is 2. The number of anilines is 1. The number of hydrogen-bond acceptors (Lipinski definition) is 2. The van der Waals surface area contributed by atoms with Gasteiger partial charge in [-0.1, -0.05) is 18.2 Å². The minimum atomic E-state index is 0.166. The molecule has 4 heteroatoms. The van der Waals surface area contributed by atoms with Gasteiger partial charge in [0.1, 0.15) is 0 Å². The first-order valence-electron chi connectivity index (χ1n) is 5.04. The van der Waals surface area contributed by atoms with Gasteiger partial charge in [-0.15, -0.1) is 0 Å². The number of rotatable bonds is 2. The summed E-state index contributed by atoms with van der Waals surface area (Å²) in [6.45, 7) is 0.660. The summed E-state index contributed by atoms with van der Waals surface area (Å²) in [6.07, 6.45) is 1.02. The van der Waals surface area contributed by atoms with Crippen molar-refractivity contribution in [2.75, 3.05) is 18.5 Å². The Balaban J connectivity index is 2.13. The Labute approximate surface area is 89.6 Å². The van der Waals surface area contributed by atoms with Crippen LogP contribution in [-0.4, -0.2) is 25.6 Å². The van der Waals surface area contributed by atoms with E-state index in [0.717, 1.165) is 6.42 Å². The molecule has 0 saturated carbocycles. The number of guanidine groups is 1. The summed E-state index contributed by atoms with van der Waals surface area (Å²) in [4.78, 5) is 6.31. The molecule has 1 aliphatic heterocycles. The molecule has 0 spiro atoms. The second-order valence-corrected chi connectivity index (χ2v) is 3.86. The van der Waals surface area contributed by atoms with Gasteiger partial charge in [-0.2, -0.15) is 0 Å². The van der Waals surface area contributed by atoms with Crippen LogP contribution in [0.1, 0.15) is 5.56 Å². The van der Waals surface area contributed by atoms with Crippen molar-refractivity contribution in [2.45, 2.75) is 12.5 Å². The maximum atomic E-state index is 5.33. The molecule has 4 N–H and O–H groups in total. The number of nitrogens with two attached hydrogens (primary N) is 2. The molecule has 0 aromatic heterocycles. The maximum Gasteiger partial charge on any atom is 0.185 e. The monoisotopic (exact) mass is 204 g/mol. The Hall–Kier alpha value is -1.71. The van der Waals surface area contributed by atoms with Gasteiger partial charge in [0.15, 0.2) is 5.96 Å². The molecule has 1 aliphatic rings. The van der Waals surface area contributed by atoms with Crippen LogP contribution >= 0.6 is 0 Å². The van der Waals surface area contributed by atoms with Crippen molar-refractivity contribution in [3.8, 4) is 0 Å². The van der Waals surface area contributed by atoms with Crippen LogP contribution in [0.15, 0.2) is 29.3 Å². The fourth-order valence-corrected chi connectivity index (χ4v) is 2.01. The van der Waals surface area contributed by atoms with E-state index in [4.69, 9.17) is 11.5 Å². The lowest BCUT2D eigenvalue weighted by molar-refractivity contribution is 0.675. The molecule has 0 amide bonds. The third kappa shape index (κ3) is 1.88. The largest absolute Gasteiger partial charge is 0.370 e. The van der Waals surface area contributed by atoms with Crippen LogP contribution in [0.3, 0.4) is 0 Å². The van der Waals surface area contributed by atoms with Crippen molar-refractivity contribution < 1.29 is 0 Å². The molecule has 0 radical (unpaired) electrons. The van der Waals surface area contributed by atoms with Crippen LogP contribution < -0.4 is 16.4 Å². The highest BCUT2D eigenvalue weighted by Crippen LogP contribution is 2.30. The summed E-state index contributed by atoms with van der Waals surface area (Å²) in [6, 6.07) is 8.78. The van der Waals surface area contributed by atoms with Crippen LogP contribution in [0, 0.1) is 0 Å². The normalized spacial score (nSPS) is 18.7. The van der Waals surface area contributed by atoms with E-state index in [1.165, 1.54) is 11.3 Å². The van der Waals surface area contributed by atoms with Gasteiger partial charge in [-0.25, -0.2) is 0 Å². The predicted molar refractivity (Wildman–Crippen MR) is 63.0 cm³/mol. The maximum absolute atomic E-state index is 5.33. The van der Waals surface area contributed by atoms with Gasteiger partial charge in [0.05, 0.1) is 12.6 Å². The molecule has 0 saturated heterocycles. The summed E-state index contributed by atoms with van der Waals surface area (Å²) in [5.74, 6) is 0.166. The summed E-state index contributed by atoms with van der Waals surface area (Å²) >= 11 is 0. The second-order valence-electron chi connectivity index (χ2n) is 3.86. The van der Waals surface area contributed by atoms with Gasteiger partial charge in [0.2, 0.25) is 0 Å². The molecule has 15 heavy (non-hydrogen) atoms. The molecule has 0 aliphatic carbocycles. The highest BCUT2D eigenvalue weighted by molar-refractivity contribution is 5.75. The van der Waals surface area contributed by atoms with E-state index in [0.29, 0.717) is 12.6 Å². The van der Waals surface area contributed by atoms with Gasteiger partial charge in [0.25, 0.3) is 0 Å². The Kier molecular flexibility index (Phi) is 2.49. The standard InChI is InChI=1S/C11H16N4/c1-15-9(7-14-11(12)13)6-8-4-2-3-5-10(8)15/h2-5,9H,6-7H2,1H3,(H4,12,13,14). The zero-order valence-corrected chi connectivity index (χ0v) is 8.85. The second kappa shape index (κ2) is 3.81. The molecular formula is C11H16N4. The fourth-order valence-electron chi connectivity index (χ4n) is 2.01. The van der Waals surface area contributed by atoms with Crippen molar-refractivity contribution >= 4 is 11.6 Å². The van der Waals surface area contributed by atoms with Crippen molar-refractivity contribution in [1.82, 2.24) is 0 Å². The van der Waals surface area contributed by atoms with Crippen molar-refractivity contribution in [2.24, 2.45) is 16.5 Å². The Morgan fingerprint density at radius 3 is 2.87 bits per heavy atom. The summed E-state index contributed by atoms with van der Waals surface area (Å²) in [5, 5.41) is 0. The minimum absolute atomic E-state index is 0.166. The third-order valence-corrected chi connectivity index (χ3v) is 2.86. The number of nitrogens with zero attached hydrogens (tertiary/aromatic N) is 2. The van der Waals surface area contributed by atoms with E-state index >= 15 is 0 Å². The SMILES string of the molecule is CN1c2ccccc2CC1CN=C(N)N. The minimum Gasteiger partial charge on any atom is -0.370 e. The highest BCUT2D eigenvalue weighted by Gasteiger charge is 2.25. The molecule has 1 unspecified atom stereocenters. The summed E-state index contributed by atoms with van der Waals surface area (Å²) < 4.78 is 0. The fraction of sp³-hybridized carbons (Fsp3) is 0.364. The lowest BCUT2D eigenvalue weighted by atomic mass is 10.1. The number of benzene rings is 1. The topological polar surface area (TPSA) is 67.6 Å². The summed E-state index contributed by atoms with van der Waals surface area (Å²) in [5.41, 5.74) is 13.3. The quantitative estimate of drug-likeness (QED) is 0.538. The smallest absolute Gasteiger partial charge is 0.185 e. The molecule has 1 aromatic rings. The predicted octanol–water partition coefficient (Wildman–Crippen LogP) is 0.321. The van der Waals surface area contributed by atoms with Gasteiger partial charge < -0.3 is 16.4 Å². The number of fused-ring (bicyclic) bond motifs is 1. The Morgan fingerprint density at radius 2 is 2.20 bits per heavy atom. The van der Waals surface area contributed by atoms with Gasteiger partial charge in [0, 0.05) is 12.7 Å². The van der Waals surface area contributed by atoms with E-state index < -0.39 is 0 Å². The average Bonchev–Trinajstić information content (AvgIpc) is 2.54. The van der Waals surface area contributed by atoms with Crippen LogP contribution in [0.2, 0.25) is 0 Å². The van der Waals surface area contributed by atoms with E-state index in [2.05, 4.69) is 41.2 Å². The molecule has 0 fully saturated rings. The zero-order valence-electron chi connectivity index (χ0n) is 8.85. The van der Waals surface area contributed by atoms with Gasteiger partial charge in [-0.3, -0.25) is 4.99 Å². The molecule has 1 heterocycles. The van der Waals surface area contributed by atoms with E-state index in [9.17, 15) is 0 Å². The number of likely N-dealkylation sites (N-methyl/N-ethyl adjacent to an activating group) is 1. The van der Waals surface area contributed by atoms with Crippen LogP contribution in [-0.2, 0) is 6.42 Å². The van der Waals surface area contributed by atoms with E-state index in [1.807, 2.05) is 0 Å². The molecule has 2 rings (SSSR count). The average molecular weight is 204 g/mol. The van der Waals surface area contributed by atoms with Gasteiger partial charge in [-0.05, 0) is 18.1 Å². The molecule has 0 bridgehead atoms. The Morgan fingerprint density at radius 1 is 1.47 bits per heavy atom. The lowest BCUT2D eigenvalue weighted by Gasteiger charge is -2.20. The molecular weight excluding hydrogens is 188 g/mol. The molecule has 1 atom stereocenters. The summed E-state index contributed by atoms with van der Waals surface area (Å²) in [7, 11) is 2.08. The first-order chi connectivity index (χ1) is 7.18. The van der Waals surface area contributed by atoms with Crippen molar-refractivity contribution in [1.29, 1.82) is 0 Å². The van der Waals surface area contributed by atoms with Crippen LogP contribution in [0.5, 0.6) is 0 Å². The highest BCUT2D eigenvalue weighted by atomic mass is 15.2. The first kappa shape index (κ1) is 9.83. The lowest BCUT2D eigenvalue weighted by Crippen LogP contribution is -2.32. The van der Waals surface area contributed by atoms with Crippen LogP contribution in [0.25, 0.3) is 0 Å². The van der Waals surface area contributed by atoms with Crippen molar-refractivity contribution in [3.63, 3.8) is 0 Å². The van der Waals surface area contributed by atoms with Gasteiger partial charge >= 0.3 is 0 Å². The molecule has 4 nitrogen and oxygen atoms in total. The molecule has 1 aromatic carbocycles. The number of para-hydroxylation sites is 1. The molecule has 80 valence electrons. The van der Waals surface area contributed by atoms with Crippen molar-refractivity contribution in [3.05, 3.63) is 29.8 Å². The zero-order chi connectivity index (χ0) is 10.8. The number of aliphatic imine (C=N–C) groups is 1. The first-order valence-corrected chi connectivity index (χ1v) is 5.04. The van der Waals surface area contributed by atoms with Crippen LogP contribution in [0.4, 0.5) is 5.69 Å². The van der Waals surface area contributed by atoms with E-state index in [-0.39, 0.29) is 5.96 Å². The Bertz CT molecular complexity index is 382.